The van der Waals surface area contributed by atoms with E-state index in [2.05, 4.69) is 10.6 Å². The molecule has 6 heteroatoms. The lowest BCUT2D eigenvalue weighted by Gasteiger charge is -2.32. The summed E-state index contributed by atoms with van der Waals surface area (Å²) in [6.07, 6.45) is 4.02. The molecule has 0 bridgehead atoms. The highest BCUT2D eigenvalue weighted by Crippen LogP contribution is 2.18. The number of carbonyl (C=O) groups excluding carboxylic acids is 2. The van der Waals surface area contributed by atoms with Gasteiger partial charge in [-0.25, -0.2) is 0 Å². The quantitative estimate of drug-likeness (QED) is 0.681. The first-order valence-corrected chi connectivity index (χ1v) is 6.98. The van der Waals surface area contributed by atoms with Crippen molar-refractivity contribution in [3.63, 3.8) is 0 Å². The van der Waals surface area contributed by atoms with Gasteiger partial charge in [0.2, 0.25) is 11.8 Å². The lowest BCUT2D eigenvalue weighted by molar-refractivity contribution is -0.136. The van der Waals surface area contributed by atoms with Crippen molar-refractivity contribution in [2.45, 2.75) is 37.8 Å². The molecule has 0 radical (unpaired) electrons. The highest BCUT2D eigenvalue weighted by molar-refractivity contribution is 5.79. The Balaban J connectivity index is 1.62. The van der Waals surface area contributed by atoms with Crippen LogP contribution in [0.5, 0.6) is 0 Å². The number of likely N-dealkylation sites (tertiary alicyclic amines) is 1. The molecule has 0 atom stereocenters. The molecule has 1 saturated carbocycles. The predicted molar refractivity (Wildman–Crippen MR) is 70.6 cm³/mol. The number of piperidine rings is 1. The molecule has 0 aromatic heterocycles. The summed E-state index contributed by atoms with van der Waals surface area (Å²) in [6, 6.07) is 0.749. The minimum Gasteiger partial charge on any atom is -0.375 e. The molecular formula is C13H23N3O3. The molecule has 2 fully saturated rings. The highest BCUT2D eigenvalue weighted by Gasteiger charge is 2.25. The van der Waals surface area contributed by atoms with Crippen molar-refractivity contribution < 1.29 is 14.3 Å². The van der Waals surface area contributed by atoms with Crippen LogP contribution < -0.4 is 10.6 Å². The summed E-state index contributed by atoms with van der Waals surface area (Å²) in [4.78, 5) is 25.1. The van der Waals surface area contributed by atoms with E-state index in [1.165, 1.54) is 20.0 Å². The van der Waals surface area contributed by atoms with E-state index in [-0.39, 0.29) is 24.5 Å². The summed E-state index contributed by atoms with van der Waals surface area (Å²) in [7, 11) is 1.53. The van der Waals surface area contributed by atoms with Gasteiger partial charge in [0, 0.05) is 32.3 Å². The summed E-state index contributed by atoms with van der Waals surface area (Å²) >= 11 is 0. The zero-order chi connectivity index (χ0) is 13.7. The van der Waals surface area contributed by atoms with Crippen molar-refractivity contribution in [1.29, 1.82) is 0 Å². The van der Waals surface area contributed by atoms with E-state index < -0.39 is 0 Å². The highest BCUT2D eigenvalue weighted by atomic mass is 16.5. The van der Waals surface area contributed by atoms with Crippen LogP contribution in [0.15, 0.2) is 0 Å². The van der Waals surface area contributed by atoms with Crippen LogP contribution in [0.1, 0.15) is 25.7 Å². The first-order valence-electron chi connectivity index (χ1n) is 6.98. The Morgan fingerprint density at radius 1 is 1.16 bits per heavy atom. The number of nitrogens with zero attached hydrogens (tertiary/aromatic N) is 1. The Morgan fingerprint density at radius 3 is 2.42 bits per heavy atom. The van der Waals surface area contributed by atoms with Crippen LogP contribution in [-0.2, 0) is 14.3 Å². The number of hydrogen-bond donors (Lipinski definition) is 2. The SMILES string of the molecule is COCC(=O)N1CCC(NC(=O)CNC2CC2)CC1. The van der Waals surface area contributed by atoms with Crippen LogP contribution >= 0.6 is 0 Å². The molecule has 1 heterocycles. The molecule has 2 amide bonds. The van der Waals surface area contributed by atoms with E-state index in [0.717, 1.165) is 12.8 Å². The fourth-order valence-electron chi connectivity index (χ4n) is 2.29. The van der Waals surface area contributed by atoms with Crippen LogP contribution in [0.2, 0.25) is 0 Å². The van der Waals surface area contributed by atoms with Crippen molar-refractivity contribution in [1.82, 2.24) is 15.5 Å². The van der Waals surface area contributed by atoms with Gasteiger partial charge in [-0.3, -0.25) is 9.59 Å². The van der Waals surface area contributed by atoms with E-state index in [1.54, 1.807) is 4.90 Å². The molecule has 2 N–H and O–H groups in total. The van der Waals surface area contributed by atoms with Gasteiger partial charge in [0.05, 0.1) is 6.54 Å². The summed E-state index contributed by atoms with van der Waals surface area (Å²) in [5.74, 6) is 0.0937. The van der Waals surface area contributed by atoms with Crippen molar-refractivity contribution in [3.05, 3.63) is 0 Å². The Morgan fingerprint density at radius 2 is 1.84 bits per heavy atom. The van der Waals surface area contributed by atoms with Gasteiger partial charge in [0.25, 0.3) is 0 Å². The van der Waals surface area contributed by atoms with E-state index in [1.807, 2.05) is 0 Å². The molecule has 108 valence electrons. The van der Waals surface area contributed by atoms with E-state index in [4.69, 9.17) is 4.74 Å². The van der Waals surface area contributed by atoms with Gasteiger partial charge < -0.3 is 20.3 Å². The minimum absolute atomic E-state index is 0.0303. The molecule has 0 aromatic carbocycles. The lowest BCUT2D eigenvalue weighted by Crippen LogP contribution is -2.49. The van der Waals surface area contributed by atoms with Crippen LogP contribution in [0.25, 0.3) is 0 Å². The van der Waals surface area contributed by atoms with E-state index in [0.29, 0.717) is 25.7 Å². The van der Waals surface area contributed by atoms with Crippen LogP contribution in [0, 0.1) is 0 Å². The third kappa shape index (κ3) is 4.80. The zero-order valence-electron chi connectivity index (χ0n) is 11.5. The van der Waals surface area contributed by atoms with Crippen molar-refractivity contribution in [2.75, 3.05) is 33.4 Å². The molecule has 1 saturated heterocycles. The largest absolute Gasteiger partial charge is 0.375 e. The van der Waals surface area contributed by atoms with Crippen LogP contribution in [0.4, 0.5) is 0 Å². The summed E-state index contributed by atoms with van der Waals surface area (Å²) in [5.41, 5.74) is 0. The Labute approximate surface area is 113 Å². The predicted octanol–water partition coefficient (Wildman–Crippen LogP) is -0.508. The van der Waals surface area contributed by atoms with Gasteiger partial charge in [-0.15, -0.1) is 0 Å². The molecular weight excluding hydrogens is 246 g/mol. The maximum Gasteiger partial charge on any atom is 0.248 e. The maximum atomic E-state index is 11.7. The van der Waals surface area contributed by atoms with Gasteiger partial charge in [-0.05, 0) is 25.7 Å². The Bertz CT molecular complexity index is 323. The first kappa shape index (κ1) is 14.3. The molecule has 2 aliphatic rings. The third-order valence-corrected chi connectivity index (χ3v) is 3.61. The topological polar surface area (TPSA) is 70.7 Å². The smallest absolute Gasteiger partial charge is 0.248 e. The van der Waals surface area contributed by atoms with Crippen LogP contribution in [0.3, 0.4) is 0 Å². The number of hydrogen-bond acceptors (Lipinski definition) is 4. The molecule has 0 spiro atoms. The molecule has 0 unspecified atom stereocenters. The fourth-order valence-corrected chi connectivity index (χ4v) is 2.29. The minimum atomic E-state index is 0.0303. The average Bonchev–Trinajstić information content (AvgIpc) is 3.21. The first-order chi connectivity index (χ1) is 9.19. The second-order valence-electron chi connectivity index (χ2n) is 5.31. The number of carbonyl (C=O) groups is 2. The standard InChI is InChI=1S/C13H23N3O3/c1-19-9-13(18)16-6-4-11(5-7-16)15-12(17)8-14-10-2-3-10/h10-11,14H,2-9H2,1H3,(H,15,17). The second kappa shape index (κ2) is 6.86. The molecule has 6 nitrogen and oxygen atoms in total. The Kier molecular flexibility index (Phi) is 5.15. The molecule has 2 rings (SSSR count). The van der Waals surface area contributed by atoms with E-state index >= 15 is 0 Å². The third-order valence-electron chi connectivity index (χ3n) is 3.61. The molecule has 1 aliphatic heterocycles. The Hall–Kier alpha value is -1.14. The van der Waals surface area contributed by atoms with E-state index in [9.17, 15) is 9.59 Å². The van der Waals surface area contributed by atoms with Gasteiger partial charge in [-0.2, -0.15) is 0 Å². The maximum absolute atomic E-state index is 11.7. The monoisotopic (exact) mass is 269 g/mol. The summed E-state index contributed by atoms with van der Waals surface area (Å²) in [6.45, 7) is 1.95. The summed E-state index contributed by atoms with van der Waals surface area (Å²) in [5, 5.41) is 6.22. The van der Waals surface area contributed by atoms with Gasteiger partial charge >= 0.3 is 0 Å². The number of methoxy groups -OCH3 is 1. The molecule has 1 aliphatic carbocycles. The number of rotatable bonds is 6. The van der Waals surface area contributed by atoms with Crippen molar-refractivity contribution in [3.8, 4) is 0 Å². The van der Waals surface area contributed by atoms with Gasteiger partial charge in [-0.1, -0.05) is 0 Å². The number of amides is 2. The van der Waals surface area contributed by atoms with Crippen molar-refractivity contribution in [2.24, 2.45) is 0 Å². The second-order valence-corrected chi connectivity index (χ2v) is 5.31. The normalized spacial score (nSPS) is 20.4. The zero-order valence-corrected chi connectivity index (χ0v) is 11.5. The van der Waals surface area contributed by atoms with Gasteiger partial charge in [0.1, 0.15) is 6.61 Å². The van der Waals surface area contributed by atoms with Gasteiger partial charge in [0.15, 0.2) is 0 Å². The molecule has 0 aromatic rings. The fraction of sp³-hybridized carbons (Fsp3) is 0.846. The molecule has 19 heavy (non-hydrogen) atoms. The van der Waals surface area contributed by atoms with Crippen molar-refractivity contribution >= 4 is 11.8 Å². The lowest BCUT2D eigenvalue weighted by atomic mass is 10.0. The summed E-state index contributed by atoms with van der Waals surface area (Å²) < 4.78 is 4.84. The van der Waals surface area contributed by atoms with Crippen LogP contribution in [-0.4, -0.2) is 62.1 Å². The number of nitrogens with one attached hydrogen (secondary N) is 2. The average molecular weight is 269 g/mol. The number of ether oxygens (including phenoxy) is 1.